The lowest BCUT2D eigenvalue weighted by Crippen LogP contribution is -2.16. The molecule has 0 fully saturated rings. The Balaban J connectivity index is 1.88. The number of rotatable bonds is 9. The maximum Gasteiger partial charge on any atom is 0.344 e. The van der Waals surface area contributed by atoms with Gasteiger partial charge in [0.15, 0.2) is 6.61 Å². The number of carbonyl (C=O) groups excluding carboxylic acids is 1. The second-order valence-electron chi connectivity index (χ2n) is 8.08. The van der Waals surface area contributed by atoms with Crippen molar-refractivity contribution in [3.8, 4) is 23.1 Å². The summed E-state index contributed by atoms with van der Waals surface area (Å²) in [6, 6.07) is 18.0. The average molecular weight is 432 g/mol. The van der Waals surface area contributed by atoms with Gasteiger partial charge in [-0.1, -0.05) is 56.3 Å². The Labute approximate surface area is 189 Å². The first-order valence-corrected chi connectivity index (χ1v) is 10.8. The molecule has 1 aromatic heterocycles. The van der Waals surface area contributed by atoms with Crippen LogP contribution in [-0.4, -0.2) is 29.0 Å². The van der Waals surface area contributed by atoms with Crippen molar-refractivity contribution >= 4 is 5.97 Å². The zero-order valence-electron chi connectivity index (χ0n) is 19.1. The van der Waals surface area contributed by atoms with Gasteiger partial charge in [-0.05, 0) is 42.0 Å². The van der Waals surface area contributed by atoms with E-state index in [2.05, 4.69) is 37.1 Å². The summed E-state index contributed by atoms with van der Waals surface area (Å²) < 4.78 is 12.5. The summed E-state index contributed by atoms with van der Waals surface area (Å²) in [5, 5.41) is 14.0. The van der Waals surface area contributed by atoms with Crippen molar-refractivity contribution in [2.75, 3.05) is 13.2 Å². The second-order valence-corrected chi connectivity index (χ2v) is 8.08. The standard InChI is InChI=1S/C26H29N3O3/c1-5-31-25(30)17-32-26-23(24(14-18(2)3)28-29(26)4)15-19-10-12-20(13-11-19)22-9-7-6-8-21(22)16-27/h6-13,18H,5,14-15,17H2,1-4H3. The Morgan fingerprint density at radius 2 is 1.88 bits per heavy atom. The molecule has 0 amide bonds. The number of hydrogen-bond acceptors (Lipinski definition) is 5. The number of benzene rings is 2. The summed E-state index contributed by atoms with van der Waals surface area (Å²) in [5.41, 5.74) is 5.62. The van der Waals surface area contributed by atoms with Crippen molar-refractivity contribution < 1.29 is 14.3 Å². The lowest BCUT2D eigenvalue weighted by atomic mass is 9.96. The Morgan fingerprint density at radius 1 is 1.16 bits per heavy atom. The van der Waals surface area contributed by atoms with Crippen LogP contribution in [0.25, 0.3) is 11.1 Å². The number of nitrogens with zero attached hydrogens (tertiary/aromatic N) is 3. The van der Waals surface area contributed by atoms with E-state index in [0.29, 0.717) is 30.4 Å². The predicted octanol–water partition coefficient (Wildman–Crippen LogP) is 4.69. The van der Waals surface area contributed by atoms with E-state index in [9.17, 15) is 10.1 Å². The van der Waals surface area contributed by atoms with Crippen LogP contribution in [0, 0.1) is 17.2 Å². The molecule has 0 aliphatic heterocycles. The maximum atomic E-state index is 11.8. The normalized spacial score (nSPS) is 10.8. The molecule has 0 unspecified atom stereocenters. The van der Waals surface area contributed by atoms with Gasteiger partial charge in [-0.15, -0.1) is 0 Å². The monoisotopic (exact) mass is 431 g/mol. The SMILES string of the molecule is CCOC(=O)COc1c(Cc2ccc(-c3ccccc3C#N)cc2)c(CC(C)C)nn1C. The van der Waals surface area contributed by atoms with Crippen LogP contribution >= 0.6 is 0 Å². The third-order valence-corrected chi connectivity index (χ3v) is 5.10. The first kappa shape index (κ1) is 23.1. The van der Waals surface area contributed by atoms with Gasteiger partial charge in [-0.3, -0.25) is 0 Å². The topological polar surface area (TPSA) is 77.1 Å². The Hall–Kier alpha value is -3.59. The number of esters is 1. The van der Waals surface area contributed by atoms with E-state index in [0.717, 1.165) is 34.4 Å². The van der Waals surface area contributed by atoms with Gasteiger partial charge in [-0.2, -0.15) is 10.4 Å². The molecular formula is C26H29N3O3. The molecule has 0 radical (unpaired) electrons. The Morgan fingerprint density at radius 3 is 2.53 bits per heavy atom. The average Bonchev–Trinajstić information content (AvgIpc) is 3.06. The fourth-order valence-electron chi connectivity index (χ4n) is 3.68. The van der Waals surface area contributed by atoms with Crippen molar-refractivity contribution in [2.45, 2.75) is 33.6 Å². The fourth-order valence-corrected chi connectivity index (χ4v) is 3.68. The summed E-state index contributed by atoms with van der Waals surface area (Å²) in [6.45, 7) is 6.25. The van der Waals surface area contributed by atoms with Crippen LogP contribution in [0.5, 0.6) is 5.88 Å². The first-order chi connectivity index (χ1) is 15.4. The number of carbonyl (C=O) groups is 1. The number of ether oxygens (including phenoxy) is 2. The molecule has 3 rings (SSSR count). The van der Waals surface area contributed by atoms with Crippen LogP contribution in [0.2, 0.25) is 0 Å². The lowest BCUT2D eigenvalue weighted by Gasteiger charge is -2.11. The molecule has 166 valence electrons. The molecular weight excluding hydrogens is 402 g/mol. The fraction of sp³-hybridized carbons (Fsp3) is 0.346. The zero-order chi connectivity index (χ0) is 23.1. The molecule has 0 bridgehead atoms. The largest absolute Gasteiger partial charge is 0.466 e. The molecule has 1 heterocycles. The highest BCUT2D eigenvalue weighted by Gasteiger charge is 2.20. The van der Waals surface area contributed by atoms with Crippen LogP contribution < -0.4 is 4.74 Å². The maximum absolute atomic E-state index is 11.8. The first-order valence-electron chi connectivity index (χ1n) is 10.8. The molecule has 0 saturated carbocycles. The third-order valence-electron chi connectivity index (χ3n) is 5.10. The second kappa shape index (κ2) is 10.6. The van der Waals surface area contributed by atoms with Crippen molar-refractivity contribution in [3.63, 3.8) is 0 Å². The van der Waals surface area contributed by atoms with E-state index in [1.807, 2.05) is 43.4 Å². The van der Waals surface area contributed by atoms with E-state index in [4.69, 9.17) is 9.47 Å². The highest BCUT2D eigenvalue weighted by atomic mass is 16.6. The molecule has 6 heteroatoms. The van der Waals surface area contributed by atoms with Crippen molar-refractivity contribution in [1.82, 2.24) is 9.78 Å². The van der Waals surface area contributed by atoms with E-state index < -0.39 is 5.97 Å². The predicted molar refractivity (Wildman–Crippen MR) is 123 cm³/mol. The smallest absolute Gasteiger partial charge is 0.344 e. The zero-order valence-corrected chi connectivity index (χ0v) is 19.1. The Kier molecular flexibility index (Phi) is 7.67. The molecule has 0 aliphatic rings. The van der Waals surface area contributed by atoms with Crippen LogP contribution in [0.1, 0.15) is 43.2 Å². The highest BCUT2D eigenvalue weighted by molar-refractivity contribution is 5.71. The minimum atomic E-state index is -0.398. The quantitative estimate of drug-likeness (QED) is 0.459. The van der Waals surface area contributed by atoms with E-state index in [1.54, 1.807) is 11.6 Å². The van der Waals surface area contributed by atoms with E-state index >= 15 is 0 Å². The van der Waals surface area contributed by atoms with Crippen LogP contribution in [0.15, 0.2) is 48.5 Å². The number of aromatic nitrogens is 2. The molecule has 32 heavy (non-hydrogen) atoms. The van der Waals surface area contributed by atoms with Gasteiger partial charge in [-0.25, -0.2) is 9.48 Å². The number of hydrogen-bond donors (Lipinski definition) is 0. The van der Waals surface area contributed by atoms with Crippen molar-refractivity contribution in [2.24, 2.45) is 13.0 Å². The molecule has 3 aromatic rings. The van der Waals surface area contributed by atoms with Gasteiger partial charge in [0.2, 0.25) is 5.88 Å². The molecule has 0 saturated heterocycles. The van der Waals surface area contributed by atoms with Crippen molar-refractivity contribution in [1.29, 1.82) is 5.26 Å². The van der Waals surface area contributed by atoms with E-state index in [-0.39, 0.29) is 6.61 Å². The van der Waals surface area contributed by atoms with Gasteiger partial charge in [0.05, 0.1) is 23.9 Å². The molecule has 0 aliphatic carbocycles. The molecule has 0 atom stereocenters. The summed E-state index contributed by atoms with van der Waals surface area (Å²) >= 11 is 0. The summed E-state index contributed by atoms with van der Waals surface area (Å²) in [5.74, 6) is 0.629. The van der Waals surface area contributed by atoms with Gasteiger partial charge in [0.25, 0.3) is 0 Å². The van der Waals surface area contributed by atoms with Crippen LogP contribution in [0.4, 0.5) is 0 Å². The van der Waals surface area contributed by atoms with Crippen LogP contribution in [0.3, 0.4) is 0 Å². The minimum Gasteiger partial charge on any atom is -0.466 e. The lowest BCUT2D eigenvalue weighted by molar-refractivity contribution is -0.145. The highest BCUT2D eigenvalue weighted by Crippen LogP contribution is 2.29. The van der Waals surface area contributed by atoms with Crippen molar-refractivity contribution in [3.05, 3.63) is 70.9 Å². The molecule has 2 aromatic carbocycles. The Bertz CT molecular complexity index is 1110. The number of aryl methyl sites for hydroxylation is 1. The van der Waals surface area contributed by atoms with E-state index in [1.165, 1.54) is 0 Å². The van der Waals surface area contributed by atoms with Gasteiger partial charge >= 0.3 is 5.97 Å². The third kappa shape index (κ3) is 5.55. The number of nitriles is 1. The van der Waals surface area contributed by atoms with Gasteiger partial charge < -0.3 is 9.47 Å². The summed E-state index contributed by atoms with van der Waals surface area (Å²) in [4.78, 5) is 11.8. The molecule has 0 spiro atoms. The van der Waals surface area contributed by atoms with Gasteiger partial charge in [0.1, 0.15) is 0 Å². The van der Waals surface area contributed by atoms with Gasteiger partial charge in [0, 0.05) is 19.0 Å². The molecule has 6 nitrogen and oxygen atoms in total. The van der Waals surface area contributed by atoms with Crippen LogP contribution in [-0.2, 0) is 29.4 Å². The summed E-state index contributed by atoms with van der Waals surface area (Å²) in [6.07, 6.45) is 1.45. The minimum absolute atomic E-state index is 0.147. The molecule has 0 N–H and O–H groups in total. The summed E-state index contributed by atoms with van der Waals surface area (Å²) in [7, 11) is 1.83.